The number of halogens is 1. The van der Waals surface area contributed by atoms with Crippen LogP contribution in [0, 0.1) is 5.82 Å². The van der Waals surface area contributed by atoms with E-state index >= 15 is 0 Å². The Labute approximate surface area is 98.1 Å². The lowest BCUT2D eigenvalue weighted by molar-refractivity contribution is 0.537. The van der Waals surface area contributed by atoms with Crippen molar-refractivity contribution < 1.29 is 4.39 Å². The van der Waals surface area contributed by atoms with Gasteiger partial charge in [-0.2, -0.15) is 0 Å². The molecule has 0 spiro atoms. The highest BCUT2D eigenvalue weighted by Gasteiger charge is 2.10. The normalized spacial score (nSPS) is 12.7. The van der Waals surface area contributed by atoms with E-state index < -0.39 is 0 Å². The molecule has 16 heavy (non-hydrogen) atoms. The Bertz CT molecular complexity index is 299. The highest BCUT2D eigenvalue weighted by Crippen LogP contribution is 2.22. The summed E-state index contributed by atoms with van der Waals surface area (Å²) in [6, 6.07) is 6.99. The van der Waals surface area contributed by atoms with Crippen LogP contribution in [0.5, 0.6) is 0 Å². The van der Waals surface area contributed by atoms with Crippen molar-refractivity contribution in [2.45, 2.75) is 38.5 Å². The maximum Gasteiger partial charge on any atom is 0.123 e. The zero-order valence-electron chi connectivity index (χ0n) is 10.3. The lowest BCUT2D eigenvalue weighted by Crippen LogP contribution is -2.17. The van der Waals surface area contributed by atoms with Gasteiger partial charge in [0.15, 0.2) is 0 Å². The monoisotopic (exact) mass is 223 g/mol. The van der Waals surface area contributed by atoms with Crippen molar-refractivity contribution in [1.82, 2.24) is 5.32 Å². The number of hydrogen-bond acceptors (Lipinski definition) is 1. The minimum Gasteiger partial charge on any atom is -0.319 e. The molecular formula is C14H22FN. The van der Waals surface area contributed by atoms with Gasteiger partial charge in [0.2, 0.25) is 0 Å². The molecule has 2 heteroatoms. The standard InChI is InChI=1S/C14H22FN/c1-3-4-5-7-13(11-16-2)12-8-6-9-14(15)10-12/h6,8-10,13,16H,3-5,7,11H2,1-2H3. The van der Waals surface area contributed by atoms with E-state index in [2.05, 4.69) is 12.2 Å². The smallest absolute Gasteiger partial charge is 0.123 e. The Morgan fingerprint density at radius 3 is 2.75 bits per heavy atom. The number of benzene rings is 1. The fourth-order valence-electron chi connectivity index (χ4n) is 2.03. The van der Waals surface area contributed by atoms with Crippen molar-refractivity contribution >= 4 is 0 Å². The second kappa shape index (κ2) is 7.39. The van der Waals surface area contributed by atoms with Gasteiger partial charge in [-0.25, -0.2) is 4.39 Å². The average molecular weight is 223 g/mol. The van der Waals surface area contributed by atoms with E-state index in [0.29, 0.717) is 5.92 Å². The Kier molecular flexibility index (Phi) is 6.09. The molecule has 0 aliphatic heterocycles. The number of unbranched alkanes of at least 4 members (excludes halogenated alkanes) is 2. The molecule has 1 atom stereocenters. The van der Waals surface area contributed by atoms with Gasteiger partial charge < -0.3 is 5.32 Å². The van der Waals surface area contributed by atoms with Gasteiger partial charge in [-0.15, -0.1) is 0 Å². The van der Waals surface area contributed by atoms with Crippen LogP contribution < -0.4 is 5.32 Å². The summed E-state index contributed by atoms with van der Waals surface area (Å²) < 4.78 is 13.1. The molecule has 0 aliphatic rings. The first-order valence-corrected chi connectivity index (χ1v) is 6.18. The van der Waals surface area contributed by atoms with E-state index in [1.165, 1.54) is 25.3 Å². The molecule has 90 valence electrons. The Morgan fingerprint density at radius 2 is 2.12 bits per heavy atom. The van der Waals surface area contributed by atoms with E-state index in [1.54, 1.807) is 12.1 Å². The topological polar surface area (TPSA) is 12.0 Å². The van der Waals surface area contributed by atoms with E-state index in [1.807, 2.05) is 13.1 Å². The van der Waals surface area contributed by atoms with Crippen LogP contribution in [0.1, 0.15) is 44.1 Å². The van der Waals surface area contributed by atoms with E-state index in [-0.39, 0.29) is 5.82 Å². The van der Waals surface area contributed by atoms with Gasteiger partial charge >= 0.3 is 0 Å². The lowest BCUT2D eigenvalue weighted by Gasteiger charge is -2.16. The van der Waals surface area contributed by atoms with Crippen molar-refractivity contribution in [2.24, 2.45) is 0 Å². The maximum absolute atomic E-state index is 13.1. The second-order valence-electron chi connectivity index (χ2n) is 4.31. The molecule has 0 saturated heterocycles. The SMILES string of the molecule is CCCCCC(CNC)c1cccc(F)c1. The van der Waals surface area contributed by atoms with Gasteiger partial charge in [0.1, 0.15) is 5.82 Å². The molecule has 1 rings (SSSR count). The highest BCUT2D eigenvalue weighted by molar-refractivity contribution is 5.21. The first kappa shape index (κ1) is 13.2. The van der Waals surface area contributed by atoms with Crippen molar-refractivity contribution in [3.63, 3.8) is 0 Å². The van der Waals surface area contributed by atoms with Gasteiger partial charge in [-0.3, -0.25) is 0 Å². The van der Waals surface area contributed by atoms with Gasteiger partial charge in [0, 0.05) is 6.54 Å². The molecule has 0 bridgehead atoms. The van der Waals surface area contributed by atoms with E-state index in [4.69, 9.17) is 0 Å². The molecule has 1 unspecified atom stereocenters. The molecule has 0 fully saturated rings. The summed E-state index contributed by atoms with van der Waals surface area (Å²) in [7, 11) is 1.95. The summed E-state index contributed by atoms with van der Waals surface area (Å²) in [5, 5.41) is 3.19. The third-order valence-electron chi connectivity index (χ3n) is 2.93. The van der Waals surface area contributed by atoms with Crippen LogP contribution in [0.2, 0.25) is 0 Å². The average Bonchev–Trinajstić information content (AvgIpc) is 2.28. The van der Waals surface area contributed by atoms with Crippen molar-refractivity contribution in [1.29, 1.82) is 0 Å². The zero-order chi connectivity index (χ0) is 11.8. The maximum atomic E-state index is 13.1. The second-order valence-corrected chi connectivity index (χ2v) is 4.31. The molecule has 0 aromatic heterocycles. The summed E-state index contributed by atoms with van der Waals surface area (Å²) >= 11 is 0. The minimum atomic E-state index is -0.130. The van der Waals surface area contributed by atoms with Crippen LogP contribution in [0.25, 0.3) is 0 Å². The predicted octanol–water partition coefficient (Wildman–Crippen LogP) is 3.71. The number of likely N-dealkylation sites (N-methyl/N-ethyl adjacent to an activating group) is 1. The molecule has 1 nitrogen and oxygen atoms in total. The van der Waals surface area contributed by atoms with Crippen LogP contribution >= 0.6 is 0 Å². The van der Waals surface area contributed by atoms with Gasteiger partial charge in [-0.1, -0.05) is 38.3 Å². The minimum absolute atomic E-state index is 0.130. The van der Waals surface area contributed by atoms with Crippen molar-refractivity contribution in [2.75, 3.05) is 13.6 Å². The van der Waals surface area contributed by atoms with Gasteiger partial charge in [0.25, 0.3) is 0 Å². The van der Waals surface area contributed by atoms with Crippen molar-refractivity contribution in [3.8, 4) is 0 Å². The van der Waals surface area contributed by atoms with Crippen LogP contribution in [0.3, 0.4) is 0 Å². The van der Waals surface area contributed by atoms with Crippen molar-refractivity contribution in [3.05, 3.63) is 35.6 Å². The summed E-state index contributed by atoms with van der Waals surface area (Å²) in [5.74, 6) is 0.307. The third-order valence-corrected chi connectivity index (χ3v) is 2.93. The number of hydrogen-bond donors (Lipinski definition) is 1. The lowest BCUT2D eigenvalue weighted by atomic mass is 9.93. The summed E-state index contributed by atoms with van der Waals surface area (Å²) in [5.41, 5.74) is 1.12. The van der Waals surface area contributed by atoms with Crippen LogP contribution in [0.15, 0.2) is 24.3 Å². The van der Waals surface area contributed by atoms with Crippen LogP contribution in [-0.2, 0) is 0 Å². The van der Waals surface area contributed by atoms with Gasteiger partial charge in [0.05, 0.1) is 0 Å². The van der Waals surface area contributed by atoms with Crippen LogP contribution in [0.4, 0.5) is 4.39 Å². The number of nitrogens with one attached hydrogen (secondary N) is 1. The molecule has 0 radical (unpaired) electrons. The third kappa shape index (κ3) is 4.31. The quantitative estimate of drug-likeness (QED) is 0.695. The molecule has 1 aromatic rings. The summed E-state index contributed by atoms with van der Waals surface area (Å²) in [6.45, 7) is 3.13. The molecule has 1 N–H and O–H groups in total. The summed E-state index contributed by atoms with van der Waals surface area (Å²) in [4.78, 5) is 0. The molecule has 0 heterocycles. The summed E-state index contributed by atoms with van der Waals surface area (Å²) in [6.07, 6.45) is 4.85. The molecule has 0 amide bonds. The Balaban J connectivity index is 2.61. The van der Waals surface area contributed by atoms with E-state index in [0.717, 1.165) is 18.5 Å². The largest absolute Gasteiger partial charge is 0.319 e. The fourth-order valence-corrected chi connectivity index (χ4v) is 2.03. The van der Waals surface area contributed by atoms with E-state index in [9.17, 15) is 4.39 Å². The first-order valence-electron chi connectivity index (χ1n) is 6.18. The Hall–Kier alpha value is -0.890. The molecule has 1 aromatic carbocycles. The zero-order valence-corrected chi connectivity index (χ0v) is 10.3. The number of rotatable bonds is 7. The Morgan fingerprint density at radius 1 is 1.31 bits per heavy atom. The predicted molar refractivity (Wildman–Crippen MR) is 67.2 cm³/mol. The molecule has 0 aliphatic carbocycles. The van der Waals surface area contributed by atoms with Gasteiger partial charge in [-0.05, 0) is 37.1 Å². The highest BCUT2D eigenvalue weighted by atomic mass is 19.1. The van der Waals surface area contributed by atoms with Crippen LogP contribution in [-0.4, -0.2) is 13.6 Å². The molecular weight excluding hydrogens is 201 g/mol. The first-order chi connectivity index (χ1) is 7.77. The fraction of sp³-hybridized carbons (Fsp3) is 0.571. The molecule has 0 saturated carbocycles.